The molecule has 0 aliphatic carbocycles. The lowest BCUT2D eigenvalue weighted by molar-refractivity contribution is -0.131. The Bertz CT molecular complexity index is 653. The van der Waals surface area contributed by atoms with Crippen LogP contribution in [-0.2, 0) is 9.59 Å². The predicted molar refractivity (Wildman–Crippen MR) is 92.8 cm³/mol. The SMILES string of the molecule is Cc1cccc(/C=C/C(=O)NCC2CCN(C(=O)CC#N)CC2)c1. The zero-order valence-corrected chi connectivity index (χ0v) is 14.0. The first-order valence-corrected chi connectivity index (χ1v) is 8.26. The first-order chi connectivity index (χ1) is 11.6. The number of rotatable bonds is 5. The molecule has 2 amide bonds. The number of benzene rings is 1. The molecule has 126 valence electrons. The summed E-state index contributed by atoms with van der Waals surface area (Å²) < 4.78 is 0. The zero-order chi connectivity index (χ0) is 17.4. The molecule has 0 saturated carbocycles. The molecule has 0 atom stereocenters. The summed E-state index contributed by atoms with van der Waals surface area (Å²) in [5.41, 5.74) is 2.17. The van der Waals surface area contributed by atoms with E-state index in [2.05, 4.69) is 5.32 Å². The van der Waals surface area contributed by atoms with Gasteiger partial charge in [-0.3, -0.25) is 9.59 Å². The summed E-state index contributed by atoms with van der Waals surface area (Å²) in [6.45, 7) is 3.97. The molecular formula is C19H23N3O2. The highest BCUT2D eigenvalue weighted by Crippen LogP contribution is 2.17. The van der Waals surface area contributed by atoms with E-state index in [0.29, 0.717) is 25.6 Å². The molecular weight excluding hydrogens is 302 g/mol. The molecule has 0 radical (unpaired) electrons. The molecule has 1 N–H and O–H groups in total. The molecule has 0 bridgehead atoms. The van der Waals surface area contributed by atoms with E-state index >= 15 is 0 Å². The molecule has 5 heteroatoms. The fourth-order valence-corrected chi connectivity index (χ4v) is 2.82. The molecule has 1 aromatic carbocycles. The van der Waals surface area contributed by atoms with E-state index in [1.165, 1.54) is 0 Å². The van der Waals surface area contributed by atoms with Gasteiger partial charge < -0.3 is 10.2 Å². The van der Waals surface area contributed by atoms with E-state index < -0.39 is 0 Å². The van der Waals surface area contributed by atoms with Gasteiger partial charge in [-0.1, -0.05) is 29.8 Å². The summed E-state index contributed by atoms with van der Waals surface area (Å²) in [5, 5.41) is 11.5. The fraction of sp³-hybridized carbons (Fsp3) is 0.421. The molecule has 2 rings (SSSR count). The van der Waals surface area contributed by atoms with Crippen LogP contribution in [0.1, 0.15) is 30.4 Å². The third kappa shape index (κ3) is 5.54. The number of hydrogen-bond donors (Lipinski definition) is 1. The zero-order valence-electron chi connectivity index (χ0n) is 14.0. The number of carbonyl (C=O) groups is 2. The average molecular weight is 325 g/mol. The van der Waals surface area contributed by atoms with Crippen molar-refractivity contribution in [3.8, 4) is 6.07 Å². The molecule has 0 aromatic heterocycles. The number of carbonyl (C=O) groups excluding carboxylic acids is 2. The Labute approximate surface area is 143 Å². The minimum Gasteiger partial charge on any atom is -0.352 e. The minimum atomic E-state index is -0.0977. The Kier molecular flexibility index (Phi) is 6.56. The maximum atomic E-state index is 11.9. The van der Waals surface area contributed by atoms with Gasteiger partial charge in [0.05, 0.1) is 6.07 Å². The van der Waals surface area contributed by atoms with Gasteiger partial charge in [0.15, 0.2) is 0 Å². The highest BCUT2D eigenvalue weighted by molar-refractivity contribution is 5.91. The van der Waals surface area contributed by atoms with Gasteiger partial charge in [-0.05, 0) is 37.3 Å². The Morgan fingerprint density at radius 1 is 1.38 bits per heavy atom. The maximum absolute atomic E-state index is 11.9. The Hall–Kier alpha value is -2.61. The van der Waals surface area contributed by atoms with E-state index in [0.717, 1.165) is 24.0 Å². The van der Waals surface area contributed by atoms with Crippen molar-refractivity contribution in [2.75, 3.05) is 19.6 Å². The average Bonchev–Trinajstić information content (AvgIpc) is 2.59. The van der Waals surface area contributed by atoms with Crippen molar-refractivity contribution in [1.29, 1.82) is 5.26 Å². The molecule has 1 aliphatic rings. The second kappa shape index (κ2) is 8.88. The van der Waals surface area contributed by atoms with Crippen molar-refractivity contribution in [2.24, 2.45) is 5.92 Å². The van der Waals surface area contributed by atoms with Crippen molar-refractivity contribution in [3.63, 3.8) is 0 Å². The van der Waals surface area contributed by atoms with Gasteiger partial charge in [-0.2, -0.15) is 5.26 Å². The lowest BCUT2D eigenvalue weighted by Gasteiger charge is -2.31. The van der Waals surface area contributed by atoms with E-state index in [-0.39, 0.29) is 18.2 Å². The first kappa shape index (κ1) is 17.7. The van der Waals surface area contributed by atoms with E-state index in [9.17, 15) is 9.59 Å². The van der Waals surface area contributed by atoms with Crippen molar-refractivity contribution in [3.05, 3.63) is 41.5 Å². The number of hydrogen-bond acceptors (Lipinski definition) is 3. The van der Waals surface area contributed by atoms with Crippen LogP contribution in [0.3, 0.4) is 0 Å². The van der Waals surface area contributed by atoms with E-state index in [1.807, 2.05) is 43.3 Å². The topological polar surface area (TPSA) is 73.2 Å². The van der Waals surface area contributed by atoms with Crippen LogP contribution >= 0.6 is 0 Å². The van der Waals surface area contributed by atoms with Gasteiger partial charge in [0.1, 0.15) is 6.42 Å². The van der Waals surface area contributed by atoms with Crippen LogP contribution in [0.4, 0.5) is 0 Å². The minimum absolute atomic E-state index is 0.0504. The second-order valence-corrected chi connectivity index (χ2v) is 6.15. The summed E-state index contributed by atoms with van der Waals surface area (Å²) in [5.74, 6) is 0.188. The monoisotopic (exact) mass is 325 g/mol. The smallest absolute Gasteiger partial charge is 0.244 e. The van der Waals surface area contributed by atoms with Crippen molar-refractivity contribution >= 4 is 17.9 Å². The quantitative estimate of drug-likeness (QED) is 0.844. The van der Waals surface area contributed by atoms with Gasteiger partial charge in [-0.25, -0.2) is 0 Å². The summed E-state index contributed by atoms with van der Waals surface area (Å²) >= 11 is 0. The largest absolute Gasteiger partial charge is 0.352 e. The summed E-state index contributed by atoms with van der Waals surface area (Å²) in [6, 6.07) is 9.87. The van der Waals surface area contributed by atoms with Crippen LogP contribution in [-0.4, -0.2) is 36.3 Å². The Morgan fingerprint density at radius 3 is 2.79 bits per heavy atom. The summed E-state index contributed by atoms with van der Waals surface area (Å²) in [4.78, 5) is 25.3. The number of nitrogens with zero attached hydrogens (tertiary/aromatic N) is 2. The molecule has 1 fully saturated rings. The van der Waals surface area contributed by atoms with Crippen LogP contribution in [0, 0.1) is 24.2 Å². The van der Waals surface area contributed by atoms with E-state index in [1.54, 1.807) is 11.0 Å². The van der Waals surface area contributed by atoms with Crippen LogP contribution < -0.4 is 5.32 Å². The van der Waals surface area contributed by atoms with Gasteiger partial charge >= 0.3 is 0 Å². The van der Waals surface area contributed by atoms with Crippen LogP contribution in [0.5, 0.6) is 0 Å². The Morgan fingerprint density at radius 2 is 2.12 bits per heavy atom. The molecule has 1 aromatic rings. The second-order valence-electron chi connectivity index (χ2n) is 6.15. The number of aryl methyl sites for hydroxylation is 1. The lowest BCUT2D eigenvalue weighted by Crippen LogP contribution is -2.41. The Balaban J connectivity index is 1.71. The van der Waals surface area contributed by atoms with Crippen LogP contribution in [0.2, 0.25) is 0 Å². The third-order valence-corrected chi connectivity index (χ3v) is 4.23. The third-order valence-electron chi connectivity index (χ3n) is 4.23. The van der Waals surface area contributed by atoms with Gasteiger partial charge in [0.25, 0.3) is 0 Å². The number of piperidine rings is 1. The molecule has 1 aliphatic heterocycles. The summed E-state index contributed by atoms with van der Waals surface area (Å²) in [7, 11) is 0. The standard InChI is InChI=1S/C19H23N3O2/c1-15-3-2-4-16(13-15)5-6-18(23)21-14-17-8-11-22(12-9-17)19(24)7-10-20/h2-6,13,17H,7-9,11-12,14H2,1H3,(H,21,23)/b6-5+. The van der Waals surface area contributed by atoms with Gasteiger partial charge in [-0.15, -0.1) is 0 Å². The van der Waals surface area contributed by atoms with Gasteiger partial charge in [0, 0.05) is 25.7 Å². The number of amides is 2. The summed E-state index contributed by atoms with van der Waals surface area (Å²) in [6.07, 6.45) is 5.04. The molecule has 1 saturated heterocycles. The molecule has 24 heavy (non-hydrogen) atoms. The highest BCUT2D eigenvalue weighted by Gasteiger charge is 2.22. The number of likely N-dealkylation sites (tertiary alicyclic amines) is 1. The van der Waals surface area contributed by atoms with Crippen molar-refractivity contribution < 1.29 is 9.59 Å². The maximum Gasteiger partial charge on any atom is 0.244 e. The molecule has 5 nitrogen and oxygen atoms in total. The van der Waals surface area contributed by atoms with Crippen LogP contribution in [0.15, 0.2) is 30.3 Å². The lowest BCUT2D eigenvalue weighted by atomic mass is 9.96. The first-order valence-electron chi connectivity index (χ1n) is 8.26. The van der Waals surface area contributed by atoms with Crippen molar-refractivity contribution in [2.45, 2.75) is 26.2 Å². The van der Waals surface area contributed by atoms with E-state index in [4.69, 9.17) is 5.26 Å². The molecule has 1 heterocycles. The van der Waals surface area contributed by atoms with Crippen molar-refractivity contribution in [1.82, 2.24) is 10.2 Å². The predicted octanol–water partition coefficient (Wildman–Crippen LogP) is 2.28. The molecule has 0 spiro atoms. The van der Waals surface area contributed by atoms with Gasteiger partial charge in [0.2, 0.25) is 11.8 Å². The molecule has 0 unspecified atom stereocenters. The van der Waals surface area contributed by atoms with Crippen LogP contribution in [0.25, 0.3) is 6.08 Å². The fourth-order valence-electron chi connectivity index (χ4n) is 2.82. The number of nitrogens with one attached hydrogen (secondary N) is 1. The number of nitriles is 1. The highest BCUT2D eigenvalue weighted by atomic mass is 16.2. The normalized spacial score (nSPS) is 15.2.